The molecule has 4 nitrogen and oxygen atoms in total. The molecule has 3 aromatic rings. The second kappa shape index (κ2) is 16.8. The quantitative estimate of drug-likeness (QED) is 0.125. The first-order chi connectivity index (χ1) is 18.6. The van der Waals surface area contributed by atoms with Gasteiger partial charge in [-0.15, -0.1) is 0 Å². The van der Waals surface area contributed by atoms with Crippen LogP contribution in [0.4, 0.5) is 0 Å². The van der Waals surface area contributed by atoms with Crippen LogP contribution in [0.15, 0.2) is 66.7 Å². The van der Waals surface area contributed by atoms with Gasteiger partial charge in [-0.1, -0.05) is 95.0 Å². The number of hydrogen-bond donors (Lipinski definition) is 0. The van der Waals surface area contributed by atoms with Crippen LogP contribution in [0.5, 0.6) is 5.75 Å². The molecule has 0 fully saturated rings. The van der Waals surface area contributed by atoms with Crippen molar-refractivity contribution in [3.8, 4) is 17.0 Å². The van der Waals surface area contributed by atoms with Gasteiger partial charge in [-0.2, -0.15) is 0 Å². The molecule has 0 spiro atoms. The molecular weight excluding hydrogens is 470 g/mol. The average molecular weight is 518 g/mol. The molecule has 0 aliphatic carbocycles. The van der Waals surface area contributed by atoms with E-state index >= 15 is 0 Å². The second-order valence-corrected chi connectivity index (χ2v) is 10.3. The Labute approximate surface area is 230 Å². The maximum absolute atomic E-state index is 12.6. The van der Waals surface area contributed by atoms with Crippen LogP contribution in [-0.4, -0.2) is 23.2 Å². The summed E-state index contributed by atoms with van der Waals surface area (Å²) in [7, 11) is 0. The molecule has 0 N–H and O–H groups in total. The fourth-order valence-electron chi connectivity index (χ4n) is 4.98. The maximum atomic E-state index is 12.6. The summed E-state index contributed by atoms with van der Waals surface area (Å²) < 4.78 is 13.8. The number of aromatic nitrogens is 1. The molecule has 206 valence electrons. The molecule has 1 atom stereocenters. The van der Waals surface area contributed by atoms with Crippen LogP contribution in [0, 0.1) is 6.92 Å². The summed E-state index contributed by atoms with van der Waals surface area (Å²) in [6.07, 6.45) is 13.3. The van der Waals surface area contributed by atoms with Gasteiger partial charge < -0.3 is 14.0 Å². The third-order valence-corrected chi connectivity index (χ3v) is 7.18. The van der Waals surface area contributed by atoms with E-state index in [9.17, 15) is 4.79 Å². The number of aryl methyl sites for hydroxylation is 1. The van der Waals surface area contributed by atoms with Crippen molar-refractivity contribution in [2.75, 3.05) is 6.61 Å². The van der Waals surface area contributed by atoms with Gasteiger partial charge in [-0.05, 0) is 67.8 Å². The summed E-state index contributed by atoms with van der Waals surface area (Å²) in [5.74, 6) is 0.341. The fraction of sp³-hybridized carbons (Fsp3) is 0.500. The van der Waals surface area contributed by atoms with Gasteiger partial charge in [0, 0.05) is 24.4 Å². The normalized spacial score (nSPS) is 11.9. The molecule has 0 saturated heterocycles. The van der Waals surface area contributed by atoms with Crippen LogP contribution < -0.4 is 4.74 Å². The Balaban J connectivity index is 1.53. The number of esters is 1. The van der Waals surface area contributed by atoms with Crippen LogP contribution in [0.2, 0.25) is 0 Å². The van der Waals surface area contributed by atoms with Gasteiger partial charge in [0.25, 0.3) is 0 Å². The van der Waals surface area contributed by atoms with Crippen LogP contribution in [-0.2, 0) is 22.5 Å². The predicted molar refractivity (Wildman–Crippen MR) is 158 cm³/mol. The first-order valence-electron chi connectivity index (χ1n) is 14.8. The lowest BCUT2D eigenvalue weighted by atomic mass is 10.1. The SMILES string of the molecule is CCCCCCCCCCCCn1c(C)ccc1-c1ccc(O[C@H](Cc2ccccc2)C(=O)OCC)cc1. The summed E-state index contributed by atoms with van der Waals surface area (Å²) in [5.41, 5.74) is 4.73. The molecule has 0 saturated carbocycles. The van der Waals surface area contributed by atoms with Crippen molar-refractivity contribution in [3.05, 3.63) is 78.0 Å². The van der Waals surface area contributed by atoms with E-state index in [1.807, 2.05) is 49.4 Å². The Hall–Kier alpha value is -3.01. The van der Waals surface area contributed by atoms with E-state index < -0.39 is 6.10 Å². The minimum absolute atomic E-state index is 0.332. The van der Waals surface area contributed by atoms with Crippen LogP contribution in [0.1, 0.15) is 89.3 Å². The molecule has 0 radical (unpaired) electrons. The molecule has 1 aromatic heterocycles. The maximum Gasteiger partial charge on any atom is 0.347 e. The van der Waals surface area contributed by atoms with E-state index in [2.05, 4.69) is 42.7 Å². The highest BCUT2D eigenvalue weighted by Gasteiger charge is 2.22. The molecule has 4 heteroatoms. The van der Waals surface area contributed by atoms with E-state index in [1.54, 1.807) is 0 Å². The largest absolute Gasteiger partial charge is 0.478 e. The highest BCUT2D eigenvalue weighted by molar-refractivity contribution is 5.75. The van der Waals surface area contributed by atoms with Crippen LogP contribution >= 0.6 is 0 Å². The number of ether oxygens (including phenoxy) is 2. The van der Waals surface area contributed by atoms with Gasteiger partial charge in [0.1, 0.15) is 5.75 Å². The minimum atomic E-state index is -0.675. The van der Waals surface area contributed by atoms with Gasteiger partial charge in [0.15, 0.2) is 6.10 Å². The zero-order valence-electron chi connectivity index (χ0n) is 23.8. The third-order valence-electron chi connectivity index (χ3n) is 7.18. The van der Waals surface area contributed by atoms with E-state index in [0.29, 0.717) is 18.8 Å². The summed E-state index contributed by atoms with van der Waals surface area (Å²) in [5, 5.41) is 0. The summed E-state index contributed by atoms with van der Waals surface area (Å²) in [4.78, 5) is 12.6. The smallest absolute Gasteiger partial charge is 0.347 e. The lowest BCUT2D eigenvalue weighted by molar-refractivity contribution is -0.151. The average Bonchev–Trinajstić information content (AvgIpc) is 3.30. The number of benzene rings is 2. The Bertz CT molecular complexity index is 1060. The zero-order chi connectivity index (χ0) is 27.0. The van der Waals surface area contributed by atoms with E-state index in [1.165, 1.54) is 75.6 Å². The minimum Gasteiger partial charge on any atom is -0.478 e. The number of carbonyl (C=O) groups is 1. The molecule has 0 bridgehead atoms. The molecule has 38 heavy (non-hydrogen) atoms. The van der Waals surface area contributed by atoms with Gasteiger partial charge >= 0.3 is 5.97 Å². The summed E-state index contributed by atoms with van der Waals surface area (Å²) in [6.45, 7) is 7.66. The van der Waals surface area contributed by atoms with Gasteiger partial charge in [0.2, 0.25) is 0 Å². The highest BCUT2D eigenvalue weighted by Crippen LogP contribution is 2.26. The van der Waals surface area contributed by atoms with E-state index in [-0.39, 0.29) is 5.97 Å². The Kier molecular flexibility index (Phi) is 13.0. The standard InChI is InChI=1S/C34H47NO3/c1-4-6-7-8-9-10-11-12-13-17-26-35-28(3)20-25-32(35)30-21-23-31(24-22-30)38-33(34(36)37-5-2)27-29-18-15-14-16-19-29/h14-16,18-25,33H,4-13,17,26-27H2,1-3H3/t33-/m1/s1. The number of nitrogens with zero attached hydrogens (tertiary/aromatic N) is 1. The van der Waals surface area contributed by atoms with Gasteiger partial charge in [-0.3, -0.25) is 0 Å². The molecule has 3 rings (SSSR count). The van der Waals surface area contributed by atoms with Crippen molar-refractivity contribution in [1.82, 2.24) is 4.57 Å². The molecule has 0 aliphatic heterocycles. The predicted octanol–water partition coefficient (Wildman–Crippen LogP) is 8.94. The molecule has 0 amide bonds. The molecule has 1 heterocycles. The van der Waals surface area contributed by atoms with Gasteiger partial charge in [-0.25, -0.2) is 4.79 Å². The van der Waals surface area contributed by atoms with Crippen molar-refractivity contribution >= 4 is 5.97 Å². The van der Waals surface area contributed by atoms with Crippen LogP contribution in [0.3, 0.4) is 0 Å². The fourth-order valence-corrected chi connectivity index (χ4v) is 4.98. The number of carbonyl (C=O) groups excluding carboxylic acids is 1. The highest BCUT2D eigenvalue weighted by atomic mass is 16.6. The second-order valence-electron chi connectivity index (χ2n) is 10.3. The topological polar surface area (TPSA) is 40.5 Å². The molecule has 2 aromatic carbocycles. The van der Waals surface area contributed by atoms with Crippen molar-refractivity contribution in [3.63, 3.8) is 0 Å². The van der Waals surface area contributed by atoms with Crippen molar-refractivity contribution in [2.24, 2.45) is 0 Å². The Morgan fingerprint density at radius 1 is 0.763 bits per heavy atom. The third kappa shape index (κ3) is 9.70. The first kappa shape index (κ1) is 29.5. The zero-order valence-corrected chi connectivity index (χ0v) is 23.8. The van der Waals surface area contributed by atoms with Crippen molar-refractivity contribution in [1.29, 1.82) is 0 Å². The Morgan fingerprint density at radius 3 is 2.03 bits per heavy atom. The number of unbranched alkanes of at least 4 members (excludes halogenated alkanes) is 9. The molecule has 0 aliphatic rings. The molecular formula is C34H47NO3. The van der Waals surface area contributed by atoms with Crippen LogP contribution in [0.25, 0.3) is 11.3 Å². The lowest BCUT2D eigenvalue weighted by Crippen LogP contribution is -2.31. The number of rotatable bonds is 18. The van der Waals surface area contributed by atoms with Crippen molar-refractivity contribution in [2.45, 2.75) is 104 Å². The number of hydrogen-bond acceptors (Lipinski definition) is 3. The summed E-state index contributed by atoms with van der Waals surface area (Å²) >= 11 is 0. The lowest BCUT2D eigenvalue weighted by Gasteiger charge is -2.18. The Morgan fingerprint density at radius 2 is 1.39 bits per heavy atom. The van der Waals surface area contributed by atoms with E-state index in [0.717, 1.165) is 17.7 Å². The van der Waals surface area contributed by atoms with E-state index in [4.69, 9.17) is 9.47 Å². The van der Waals surface area contributed by atoms with Crippen molar-refractivity contribution < 1.29 is 14.3 Å². The first-order valence-corrected chi connectivity index (χ1v) is 14.8. The summed E-state index contributed by atoms with van der Waals surface area (Å²) in [6, 6.07) is 22.4. The monoisotopic (exact) mass is 517 g/mol. The van der Waals surface area contributed by atoms with Gasteiger partial charge in [0.05, 0.1) is 6.61 Å². The molecule has 0 unspecified atom stereocenters.